The molecule has 0 aromatic rings. The highest BCUT2D eigenvalue weighted by molar-refractivity contribution is 4.84. The number of rotatable bonds is 7. The van der Waals surface area contributed by atoms with Gasteiger partial charge in [0.05, 0.1) is 12.7 Å². The summed E-state index contributed by atoms with van der Waals surface area (Å²) in [6.07, 6.45) is 4.56. The summed E-state index contributed by atoms with van der Waals surface area (Å²) < 4.78 is 5.36. The molecule has 0 spiro atoms. The van der Waals surface area contributed by atoms with Crippen LogP contribution in [0, 0.1) is 0 Å². The average molecular weight is 215 g/mol. The van der Waals surface area contributed by atoms with Crippen molar-refractivity contribution in [2.75, 3.05) is 26.3 Å². The Bertz CT molecular complexity index is 164. The Balaban J connectivity index is 2.25. The summed E-state index contributed by atoms with van der Waals surface area (Å²) in [4.78, 5) is 2.38. The number of likely N-dealkylation sites (tertiary alicyclic amines) is 1. The van der Waals surface area contributed by atoms with Gasteiger partial charge in [0, 0.05) is 25.7 Å². The van der Waals surface area contributed by atoms with Gasteiger partial charge in [-0.25, -0.2) is 0 Å². The zero-order valence-corrected chi connectivity index (χ0v) is 10.1. The second kappa shape index (κ2) is 7.20. The van der Waals surface area contributed by atoms with Crippen LogP contribution in [0.2, 0.25) is 0 Å². The molecule has 1 aliphatic rings. The second-order valence-corrected chi connectivity index (χ2v) is 4.38. The molecule has 1 heterocycles. The van der Waals surface area contributed by atoms with Crippen LogP contribution in [0.3, 0.4) is 0 Å². The Hall–Kier alpha value is -0.120. The minimum absolute atomic E-state index is 0.117. The van der Waals surface area contributed by atoms with E-state index in [2.05, 4.69) is 11.8 Å². The van der Waals surface area contributed by atoms with Crippen molar-refractivity contribution >= 4 is 0 Å². The van der Waals surface area contributed by atoms with Crippen molar-refractivity contribution in [1.82, 2.24) is 4.90 Å². The molecular formula is C12H25NO2. The molecule has 1 fully saturated rings. The molecule has 0 aromatic carbocycles. The van der Waals surface area contributed by atoms with Crippen LogP contribution >= 0.6 is 0 Å². The fourth-order valence-electron chi connectivity index (χ4n) is 2.30. The molecule has 0 radical (unpaired) electrons. The molecule has 0 aromatic heterocycles. The Morgan fingerprint density at radius 2 is 2.20 bits per heavy atom. The van der Waals surface area contributed by atoms with Gasteiger partial charge in [-0.2, -0.15) is 0 Å². The normalized spacial score (nSPS) is 27.4. The number of β-amino-alcohol motifs (C(OH)–C–C–N with tert-alkyl or cyclic N) is 1. The molecule has 1 aliphatic heterocycles. The quantitative estimate of drug-likeness (QED) is 0.655. The molecule has 0 amide bonds. The molecular weight excluding hydrogens is 190 g/mol. The van der Waals surface area contributed by atoms with Crippen molar-refractivity contribution < 1.29 is 9.84 Å². The lowest BCUT2D eigenvalue weighted by atomic mass is 10.1. The van der Waals surface area contributed by atoms with Gasteiger partial charge in [0.25, 0.3) is 0 Å². The lowest BCUT2D eigenvalue weighted by molar-refractivity contribution is 0.101. The van der Waals surface area contributed by atoms with Crippen LogP contribution in [0.1, 0.15) is 39.5 Å². The summed E-state index contributed by atoms with van der Waals surface area (Å²) in [5.74, 6) is 0. The van der Waals surface area contributed by atoms with E-state index >= 15 is 0 Å². The second-order valence-electron chi connectivity index (χ2n) is 4.38. The van der Waals surface area contributed by atoms with Gasteiger partial charge in [0.15, 0.2) is 0 Å². The summed E-state index contributed by atoms with van der Waals surface area (Å²) in [7, 11) is 0. The van der Waals surface area contributed by atoms with Crippen LogP contribution in [-0.4, -0.2) is 48.5 Å². The Morgan fingerprint density at radius 3 is 2.87 bits per heavy atom. The molecule has 0 saturated carbocycles. The van der Waals surface area contributed by atoms with Crippen LogP contribution in [0.25, 0.3) is 0 Å². The summed E-state index contributed by atoms with van der Waals surface area (Å²) in [5.41, 5.74) is 0. The van der Waals surface area contributed by atoms with E-state index in [4.69, 9.17) is 4.74 Å². The average Bonchev–Trinajstić information content (AvgIpc) is 2.56. The highest BCUT2D eigenvalue weighted by Crippen LogP contribution is 2.21. The molecule has 3 heteroatoms. The molecule has 0 unspecified atom stereocenters. The summed E-state index contributed by atoms with van der Waals surface area (Å²) >= 11 is 0. The van der Waals surface area contributed by atoms with E-state index in [0.29, 0.717) is 6.04 Å². The van der Waals surface area contributed by atoms with Crippen LogP contribution in [0.15, 0.2) is 0 Å². The molecule has 1 rings (SSSR count). The van der Waals surface area contributed by atoms with E-state index in [9.17, 15) is 5.11 Å². The Morgan fingerprint density at radius 1 is 1.40 bits per heavy atom. The van der Waals surface area contributed by atoms with Gasteiger partial charge in [0.2, 0.25) is 0 Å². The molecule has 2 atom stereocenters. The summed E-state index contributed by atoms with van der Waals surface area (Å²) in [5, 5.41) is 9.64. The Kier molecular flexibility index (Phi) is 6.22. The SMILES string of the molecule is CCCC[C@@H]1C[C@@H](O)CN1CCOCC. The van der Waals surface area contributed by atoms with Gasteiger partial charge in [0.1, 0.15) is 0 Å². The topological polar surface area (TPSA) is 32.7 Å². The van der Waals surface area contributed by atoms with E-state index in [-0.39, 0.29) is 6.10 Å². The number of hydrogen-bond donors (Lipinski definition) is 1. The predicted octanol–water partition coefficient (Wildman–Crippen LogP) is 1.65. The molecule has 1 N–H and O–H groups in total. The van der Waals surface area contributed by atoms with Crippen LogP contribution in [-0.2, 0) is 4.74 Å². The molecule has 90 valence electrons. The number of ether oxygens (including phenoxy) is 1. The lowest BCUT2D eigenvalue weighted by Crippen LogP contribution is -2.33. The van der Waals surface area contributed by atoms with E-state index < -0.39 is 0 Å². The van der Waals surface area contributed by atoms with Crippen molar-refractivity contribution in [3.05, 3.63) is 0 Å². The zero-order chi connectivity index (χ0) is 11.1. The predicted molar refractivity (Wildman–Crippen MR) is 62.0 cm³/mol. The molecule has 0 aliphatic carbocycles. The Labute approximate surface area is 93.4 Å². The van der Waals surface area contributed by atoms with Gasteiger partial charge < -0.3 is 9.84 Å². The first kappa shape index (κ1) is 12.9. The largest absolute Gasteiger partial charge is 0.392 e. The third-order valence-electron chi connectivity index (χ3n) is 3.12. The van der Waals surface area contributed by atoms with Gasteiger partial charge >= 0.3 is 0 Å². The van der Waals surface area contributed by atoms with E-state index in [1.807, 2.05) is 6.92 Å². The number of hydrogen-bond acceptors (Lipinski definition) is 3. The maximum Gasteiger partial charge on any atom is 0.0682 e. The number of aliphatic hydroxyl groups excluding tert-OH is 1. The van der Waals surface area contributed by atoms with Crippen LogP contribution in [0.4, 0.5) is 0 Å². The first-order chi connectivity index (χ1) is 7.27. The number of nitrogens with zero attached hydrogens (tertiary/aromatic N) is 1. The van der Waals surface area contributed by atoms with Crippen LogP contribution < -0.4 is 0 Å². The minimum atomic E-state index is -0.117. The summed E-state index contributed by atoms with van der Waals surface area (Å²) in [6, 6.07) is 0.584. The maximum atomic E-state index is 9.64. The van der Waals surface area contributed by atoms with Crippen molar-refractivity contribution in [2.24, 2.45) is 0 Å². The zero-order valence-electron chi connectivity index (χ0n) is 10.1. The third kappa shape index (κ3) is 4.49. The molecule has 15 heavy (non-hydrogen) atoms. The van der Waals surface area contributed by atoms with Crippen LogP contribution in [0.5, 0.6) is 0 Å². The maximum absolute atomic E-state index is 9.64. The van der Waals surface area contributed by atoms with E-state index in [1.54, 1.807) is 0 Å². The monoisotopic (exact) mass is 215 g/mol. The molecule has 0 bridgehead atoms. The highest BCUT2D eigenvalue weighted by atomic mass is 16.5. The first-order valence-corrected chi connectivity index (χ1v) is 6.27. The highest BCUT2D eigenvalue weighted by Gasteiger charge is 2.29. The van der Waals surface area contributed by atoms with Crippen molar-refractivity contribution in [3.63, 3.8) is 0 Å². The number of aliphatic hydroxyl groups is 1. The van der Waals surface area contributed by atoms with Crippen molar-refractivity contribution in [3.8, 4) is 0 Å². The first-order valence-electron chi connectivity index (χ1n) is 6.27. The van der Waals surface area contributed by atoms with Gasteiger partial charge in [-0.15, -0.1) is 0 Å². The third-order valence-corrected chi connectivity index (χ3v) is 3.12. The lowest BCUT2D eigenvalue weighted by Gasteiger charge is -2.23. The standard InChI is InChI=1S/C12H25NO2/c1-3-5-6-11-9-12(14)10-13(11)7-8-15-4-2/h11-12,14H,3-10H2,1-2H3/t11-,12-/m1/s1. The van der Waals surface area contributed by atoms with E-state index in [0.717, 1.165) is 32.7 Å². The molecule has 3 nitrogen and oxygen atoms in total. The van der Waals surface area contributed by atoms with Crippen molar-refractivity contribution in [2.45, 2.75) is 51.7 Å². The smallest absolute Gasteiger partial charge is 0.0682 e. The van der Waals surface area contributed by atoms with Gasteiger partial charge in [-0.3, -0.25) is 4.90 Å². The minimum Gasteiger partial charge on any atom is -0.392 e. The fourth-order valence-corrected chi connectivity index (χ4v) is 2.30. The molecule has 1 saturated heterocycles. The van der Waals surface area contributed by atoms with Crippen molar-refractivity contribution in [1.29, 1.82) is 0 Å². The van der Waals surface area contributed by atoms with E-state index in [1.165, 1.54) is 19.3 Å². The summed E-state index contributed by atoms with van der Waals surface area (Å²) in [6.45, 7) is 7.63. The fraction of sp³-hybridized carbons (Fsp3) is 1.00. The van der Waals surface area contributed by atoms with Gasteiger partial charge in [-0.05, 0) is 19.8 Å². The van der Waals surface area contributed by atoms with Gasteiger partial charge in [-0.1, -0.05) is 19.8 Å². The number of unbranched alkanes of at least 4 members (excludes halogenated alkanes) is 1.